The van der Waals surface area contributed by atoms with Gasteiger partial charge in [0.1, 0.15) is 6.10 Å². The summed E-state index contributed by atoms with van der Waals surface area (Å²) in [6.07, 6.45) is 4.17. The third kappa shape index (κ3) is 3.50. The molecular weight excluding hydrogens is 268 g/mol. The van der Waals surface area contributed by atoms with Crippen molar-refractivity contribution in [1.29, 1.82) is 5.41 Å². The Morgan fingerprint density at radius 2 is 2.14 bits per heavy atom. The van der Waals surface area contributed by atoms with Gasteiger partial charge in [0.2, 0.25) is 5.90 Å². The molecule has 0 bridgehead atoms. The molecule has 6 heteroatoms. The fourth-order valence-corrected chi connectivity index (χ4v) is 1.53. The van der Waals surface area contributed by atoms with Crippen LogP contribution in [-0.4, -0.2) is 15.8 Å². The molecule has 0 saturated heterocycles. The minimum atomic E-state index is -1.81. The van der Waals surface area contributed by atoms with E-state index in [0.717, 1.165) is 19.3 Å². The molecule has 80 valence electrons. The number of hydrogen-bond donors (Lipinski definition) is 1. The van der Waals surface area contributed by atoms with Crippen LogP contribution >= 0.6 is 46.4 Å². The Morgan fingerprint density at radius 3 is 2.64 bits per heavy atom. The number of allylic oxidation sites excluding steroid dienone is 1. The molecule has 0 aromatic carbocycles. The number of rotatable bonds is 1. The fraction of sp³-hybridized carbons (Fsp3) is 0.625. The minimum Gasteiger partial charge on any atom is -0.469 e. The highest BCUT2D eigenvalue weighted by Gasteiger charge is 2.31. The summed E-state index contributed by atoms with van der Waals surface area (Å²) in [6.45, 7) is 0. The maximum Gasteiger partial charge on any atom is 0.265 e. The highest BCUT2D eigenvalue weighted by molar-refractivity contribution is 6.76. The largest absolute Gasteiger partial charge is 0.469 e. The lowest BCUT2D eigenvalue weighted by Gasteiger charge is -2.24. The van der Waals surface area contributed by atoms with Gasteiger partial charge in [-0.05, 0) is 19.3 Å². The van der Waals surface area contributed by atoms with E-state index in [1.165, 1.54) is 0 Å². The van der Waals surface area contributed by atoms with E-state index >= 15 is 0 Å². The zero-order valence-corrected chi connectivity index (χ0v) is 10.2. The Morgan fingerprint density at radius 1 is 1.50 bits per heavy atom. The van der Waals surface area contributed by atoms with E-state index in [4.69, 9.17) is 56.5 Å². The van der Waals surface area contributed by atoms with Crippen molar-refractivity contribution in [2.45, 2.75) is 29.2 Å². The van der Waals surface area contributed by atoms with E-state index in [1.807, 2.05) is 6.08 Å². The van der Waals surface area contributed by atoms with Crippen molar-refractivity contribution in [2.75, 3.05) is 0 Å². The molecule has 0 heterocycles. The summed E-state index contributed by atoms with van der Waals surface area (Å²) in [5.74, 6) is -0.388. The van der Waals surface area contributed by atoms with Crippen LogP contribution in [0.4, 0.5) is 0 Å². The van der Waals surface area contributed by atoms with Gasteiger partial charge < -0.3 is 4.74 Å². The molecular formula is C8H9Cl4NO. The average molecular weight is 277 g/mol. The van der Waals surface area contributed by atoms with E-state index in [9.17, 15) is 0 Å². The van der Waals surface area contributed by atoms with Crippen molar-refractivity contribution in [3.63, 3.8) is 0 Å². The van der Waals surface area contributed by atoms with Gasteiger partial charge in [-0.3, -0.25) is 5.41 Å². The van der Waals surface area contributed by atoms with Crippen molar-refractivity contribution in [1.82, 2.24) is 0 Å². The van der Waals surface area contributed by atoms with Crippen LogP contribution in [0.2, 0.25) is 0 Å². The first-order chi connectivity index (χ1) is 6.41. The molecule has 1 atom stereocenters. The van der Waals surface area contributed by atoms with Crippen LogP contribution in [0.1, 0.15) is 19.3 Å². The van der Waals surface area contributed by atoms with Crippen LogP contribution in [0.25, 0.3) is 0 Å². The van der Waals surface area contributed by atoms with Gasteiger partial charge in [-0.2, -0.15) is 0 Å². The number of halogens is 4. The van der Waals surface area contributed by atoms with Crippen molar-refractivity contribution in [2.24, 2.45) is 0 Å². The van der Waals surface area contributed by atoms with Crippen LogP contribution in [0.15, 0.2) is 11.1 Å². The second kappa shape index (κ2) is 4.93. The normalized spacial score (nSPS) is 22.9. The van der Waals surface area contributed by atoms with E-state index in [-0.39, 0.29) is 12.0 Å². The fourth-order valence-electron chi connectivity index (χ4n) is 1.14. The van der Waals surface area contributed by atoms with Crippen LogP contribution in [0, 0.1) is 5.41 Å². The van der Waals surface area contributed by atoms with E-state index in [2.05, 4.69) is 0 Å². The number of hydrogen-bond acceptors (Lipinski definition) is 2. The lowest BCUT2D eigenvalue weighted by molar-refractivity contribution is 0.206. The second-order valence-electron chi connectivity index (χ2n) is 2.95. The monoisotopic (exact) mass is 275 g/mol. The van der Waals surface area contributed by atoms with Crippen LogP contribution in [0.3, 0.4) is 0 Å². The molecule has 14 heavy (non-hydrogen) atoms. The van der Waals surface area contributed by atoms with Gasteiger partial charge in [0.15, 0.2) is 0 Å². The Kier molecular flexibility index (Phi) is 4.38. The first-order valence-electron chi connectivity index (χ1n) is 4.09. The first kappa shape index (κ1) is 12.4. The van der Waals surface area contributed by atoms with Crippen LogP contribution in [-0.2, 0) is 4.74 Å². The summed E-state index contributed by atoms with van der Waals surface area (Å²) in [7, 11) is 0. The summed E-state index contributed by atoms with van der Waals surface area (Å²) < 4.78 is 3.34. The van der Waals surface area contributed by atoms with Gasteiger partial charge in [-0.25, -0.2) is 0 Å². The third-order valence-electron chi connectivity index (χ3n) is 1.83. The van der Waals surface area contributed by atoms with Gasteiger partial charge in [0, 0.05) is 0 Å². The van der Waals surface area contributed by atoms with Crippen molar-refractivity contribution >= 4 is 52.3 Å². The highest BCUT2D eigenvalue weighted by atomic mass is 35.6. The van der Waals surface area contributed by atoms with Crippen LogP contribution < -0.4 is 0 Å². The lowest BCUT2D eigenvalue weighted by atomic mass is 10.1. The summed E-state index contributed by atoms with van der Waals surface area (Å²) in [5, 5.41) is 7.94. The molecule has 0 aromatic heterocycles. The van der Waals surface area contributed by atoms with Crippen molar-refractivity contribution < 1.29 is 4.74 Å². The maximum absolute atomic E-state index is 7.36. The molecule has 0 aromatic rings. The Balaban J connectivity index is 2.56. The SMILES string of the molecule is N=C(OC1CCCC=C1Cl)C(Cl)(Cl)Cl. The molecule has 1 aliphatic rings. The molecule has 1 unspecified atom stereocenters. The molecule has 1 rings (SSSR count). The van der Waals surface area contributed by atoms with Gasteiger partial charge in [0.05, 0.1) is 5.03 Å². The van der Waals surface area contributed by atoms with Gasteiger partial charge in [0.25, 0.3) is 3.79 Å². The zero-order chi connectivity index (χ0) is 10.8. The molecule has 0 aliphatic heterocycles. The molecule has 1 aliphatic carbocycles. The predicted octanol–water partition coefficient (Wildman–Crippen LogP) is 4.03. The third-order valence-corrected chi connectivity index (χ3v) is 2.75. The minimum absolute atomic E-state index is 0.339. The molecule has 0 amide bonds. The van der Waals surface area contributed by atoms with Crippen molar-refractivity contribution in [3.05, 3.63) is 11.1 Å². The van der Waals surface area contributed by atoms with Crippen LogP contribution in [0.5, 0.6) is 0 Å². The van der Waals surface area contributed by atoms with Gasteiger partial charge in [-0.15, -0.1) is 0 Å². The molecule has 0 radical (unpaired) electrons. The zero-order valence-electron chi connectivity index (χ0n) is 7.20. The van der Waals surface area contributed by atoms with Gasteiger partial charge in [-0.1, -0.05) is 52.5 Å². The Hall–Kier alpha value is 0.370. The molecule has 0 spiro atoms. The quantitative estimate of drug-likeness (QED) is 0.438. The number of nitrogens with one attached hydrogen (secondary N) is 1. The summed E-state index contributed by atoms with van der Waals surface area (Å²) in [5.41, 5.74) is 0. The Bertz CT molecular complexity index is 259. The Labute approximate surface area is 103 Å². The highest BCUT2D eigenvalue weighted by Crippen LogP contribution is 2.31. The number of alkyl halides is 3. The molecule has 2 nitrogen and oxygen atoms in total. The summed E-state index contributed by atoms with van der Waals surface area (Å²) in [4.78, 5) is 0. The maximum atomic E-state index is 7.36. The standard InChI is InChI=1S/C8H9Cl4NO/c9-5-3-1-2-4-6(5)14-7(13)8(10,11)12/h3,6,13H,1-2,4H2. The van der Waals surface area contributed by atoms with Gasteiger partial charge >= 0.3 is 0 Å². The van der Waals surface area contributed by atoms with Crippen molar-refractivity contribution in [3.8, 4) is 0 Å². The summed E-state index contributed by atoms with van der Waals surface area (Å²) >= 11 is 22.3. The molecule has 0 fully saturated rings. The topological polar surface area (TPSA) is 33.1 Å². The average Bonchev–Trinajstić information content (AvgIpc) is 2.07. The lowest BCUT2D eigenvalue weighted by Crippen LogP contribution is -2.28. The smallest absolute Gasteiger partial charge is 0.265 e. The predicted molar refractivity (Wildman–Crippen MR) is 60.7 cm³/mol. The number of ether oxygens (including phenoxy) is 1. The summed E-state index contributed by atoms with van der Waals surface area (Å²) in [6, 6.07) is 0. The second-order valence-corrected chi connectivity index (χ2v) is 5.67. The van der Waals surface area contributed by atoms with E-state index < -0.39 is 3.79 Å². The van der Waals surface area contributed by atoms with E-state index in [0.29, 0.717) is 5.03 Å². The molecule has 0 saturated carbocycles. The molecule has 1 N–H and O–H groups in total. The van der Waals surface area contributed by atoms with E-state index in [1.54, 1.807) is 0 Å². The first-order valence-corrected chi connectivity index (χ1v) is 5.60.